The molecule has 0 heterocycles. The Balaban J connectivity index is 3.13. The molecule has 84 valence electrons. The number of hydrogen-bond acceptors (Lipinski definition) is 1. The summed E-state index contributed by atoms with van der Waals surface area (Å²) in [5.74, 6) is 0. The molecule has 0 aromatic heterocycles. The SMILES string of the molecule is CNC(c1cc(Br)cc(Br)c1)C(C)(C)C. The summed E-state index contributed by atoms with van der Waals surface area (Å²) in [7, 11) is 2.00. The Labute approximate surface area is 109 Å². The van der Waals surface area contributed by atoms with Gasteiger partial charge < -0.3 is 5.32 Å². The first-order valence-corrected chi connectivity index (χ1v) is 6.56. The summed E-state index contributed by atoms with van der Waals surface area (Å²) in [4.78, 5) is 0. The van der Waals surface area contributed by atoms with Crippen molar-refractivity contribution in [1.82, 2.24) is 5.32 Å². The second-order valence-corrected chi connectivity index (χ2v) is 6.62. The Hall–Kier alpha value is 0.140. The molecule has 0 radical (unpaired) electrons. The monoisotopic (exact) mass is 333 g/mol. The van der Waals surface area contributed by atoms with E-state index in [1.54, 1.807) is 0 Å². The van der Waals surface area contributed by atoms with Gasteiger partial charge in [-0.25, -0.2) is 0 Å². The van der Waals surface area contributed by atoms with Crippen LogP contribution in [0, 0.1) is 5.41 Å². The van der Waals surface area contributed by atoms with Gasteiger partial charge in [0.25, 0.3) is 0 Å². The third kappa shape index (κ3) is 3.58. The minimum atomic E-state index is 0.203. The second-order valence-electron chi connectivity index (χ2n) is 4.79. The lowest BCUT2D eigenvalue weighted by Crippen LogP contribution is -2.29. The molecule has 1 unspecified atom stereocenters. The van der Waals surface area contributed by atoms with Crippen molar-refractivity contribution in [3.8, 4) is 0 Å². The third-order valence-corrected chi connectivity index (χ3v) is 3.29. The lowest BCUT2D eigenvalue weighted by atomic mass is 9.82. The molecule has 0 saturated heterocycles. The molecule has 0 aliphatic rings. The lowest BCUT2D eigenvalue weighted by Gasteiger charge is -2.31. The smallest absolute Gasteiger partial charge is 0.0367 e. The van der Waals surface area contributed by atoms with Crippen LogP contribution >= 0.6 is 31.9 Å². The molecule has 1 atom stereocenters. The maximum absolute atomic E-state index is 3.52. The summed E-state index contributed by atoms with van der Waals surface area (Å²) in [5.41, 5.74) is 1.50. The predicted molar refractivity (Wildman–Crippen MR) is 73.1 cm³/mol. The molecule has 0 aliphatic heterocycles. The molecule has 1 aromatic rings. The largest absolute Gasteiger partial charge is 0.313 e. The zero-order chi connectivity index (χ0) is 11.6. The van der Waals surface area contributed by atoms with E-state index in [2.05, 4.69) is 76.1 Å². The van der Waals surface area contributed by atoms with Gasteiger partial charge in [-0.1, -0.05) is 52.6 Å². The average molecular weight is 335 g/mol. The molecule has 1 rings (SSSR count). The van der Waals surface area contributed by atoms with E-state index in [4.69, 9.17) is 0 Å². The molecule has 0 aliphatic carbocycles. The molecular weight excluding hydrogens is 318 g/mol. The van der Waals surface area contributed by atoms with E-state index in [1.807, 2.05) is 7.05 Å². The highest BCUT2D eigenvalue weighted by atomic mass is 79.9. The van der Waals surface area contributed by atoms with E-state index in [9.17, 15) is 0 Å². The van der Waals surface area contributed by atoms with E-state index in [0.717, 1.165) is 8.95 Å². The van der Waals surface area contributed by atoms with Crippen LogP contribution in [0.5, 0.6) is 0 Å². The van der Waals surface area contributed by atoms with Crippen LogP contribution in [0.3, 0.4) is 0 Å². The Bertz CT molecular complexity index is 322. The van der Waals surface area contributed by atoms with Crippen molar-refractivity contribution in [2.24, 2.45) is 5.41 Å². The summed E-state index contributed by atoms with van der Waals surface area (Å²) in [6, 6.07) is 6.74. The van der Waals surface area contributed by atoms with Gasteiger partial charge in [-0.3, -0.25) is 0 Å². The Kier molecular flexibility index (Phi) is 4.38. The van der Waals surface area contributed by atoms with Crippen molar-refractivity contribution in [3.05, 3.63) is 32.7 Å². The minimum absolute atomic E-state index is 0.203. The molecule has 1 aromatic carbocycles. The van der Waals surface area contributed by atoms with Gasteiger partial charge in [0, 0.05) is 15.0 Å². The van der Waals surface area contributed by atoms with E-state index in [1.165, 1.54) is 5.56 Å². The van der Waals surface area contributed by atoms with Crippen LogP contribution in [0.2, 0.25) is 0 Å². The van der Waals surface area contributed by atoms with E-state index in [0.29, 0.717) is 6.04 Å². The molecule has 3 heteroatoms. The molecule has 0 spiro atoms. The summed E-state index contributed by atoms with van der Waals surface area (Å²) in [6.45, 7) is 6.72. The molecular formula is C12H17Br2N. The maximum atomic E-state index is 3.52. The fourth-order valence-corrected chi connectivity index (χ4v) is 3.17. The number of nitrogens with one attached hydrogen (secondary N) is 1. The van der Waals surface area contributed by atoms with Crippen molar-refractivity contribution >= 4 is 31.9 Å². The molecule has 0 bridgehead atoms. The molecule has 15 heavy (non-hydrogen) atoms. The van der Waals surface area contributed by atoms with Gasteiger partial charge in [0.05, 0.1) is 0 Å². The zero-order valence-electron chi connectivity index (χ0n) is 9.57. The van der Waals surface area contributed by atoms with Crippen LogP contribution in [-0.2, 0) is 0 Å². The number of rotatable bonds is 2. The highest BCUT2D eigenvalue weighted by molar-refractivity contribution is 9.11. The Morgan fingerprint density at radius 2 is 1.53 bits per heavy atom. The second kappa shape index (κ2) is 4.98. The fourth-order valence-electron chi connectivity index (χ4n) is 1.84. The minimum Gasteiger partial charge on any atom is -0.313 e. The average Bonchev–Trinajstić information content (AvgIpc) is 1.99. The van der Waals surface area contributed by atoms with Gasteiger partial charge >= 0.3 is 0 Å². The Morgan fingerprint density at radius 3 is 1.87 bits per heavy atom. The molecule has 1 N–H and O–H groups in total. The van der Waals surface area contributed by atoms with Crippen molar-refractivity contribution in [2.45, 2.75) is 26.8 Å². The molecule has 0 fully saturated rings. The summed E-state index contributed by atoms with van der Waals surface area (Å²) >= 11 is 7.04. The number of benzene rings is 1. The van der Waals surface area contributed by atoms with E-state index in [-0.39, 0.29) is 5.41 Å². The number of halogens is 2. The summed E-state index contributed by atoms with van der Waals surface area (Å²) < 4.78 is 2.22. The van der Waals surface area contributed by atoms with Gasteiger partial charge in [-0.05, 0) is 36.2 Å². The van der Waals surface area contributed by atoms with Crippen molar-refractivity contribution in [2.75, 3.05) is 7.05 Å². The van der Waals surface area contributed by atoms with Crippen molar-refractivity contribution in [3.63, 3.8) is 0 Å². The highest BCUT2D eigenvalue weighted by Crippen LogP contribution is 2.34. The van der Waals surface area contributed by atoms with Crippen LogP contribution in [-0.4, -0.2) is 7.05 Å². The molecule has 1 nitrogen and oxygen atoms in total. The van der Waals surface area contributed by atoms with Crippen molar-refractivity contribution < 1.29 is 0 Å². The first kappa shape index (κ1) is 13.2. The quantitative estimate of drug-likeness (QED) is 0.838. The first-order valence-electron chi connectivity index (χ1n) is 4.98. The lowest BCUT2D eigenvalue weighted by molar-refractivity contribution is 0.287. The van der Waals surface area contributed by atoms with E-state index >= 15 is 0 Å². The summed E-state index contributed by atoms with van der Waals surface area (Å²) in [6.07, 6.45) is 0. The van der Waals surface area contributed by atoms with Crippen molar-refractivity contribution in [1.29, 1.82) is 0 Å². The first-order chi connectivity index (χ1) is 6.84. The van der Waals surface area contributed by atoms with Crippen LogP contribution in [0.15, 0.2) is 27.1 Å². The fraction of sp³-hybridized carbons (Fsp3) is 0.500. The topological polar surface area (TPSA) is 12.0 Å². The standard InChI is InChI=1S/C12H17Br2N/c1-12(2,3)11(15-4)8-5-9(13)7-10(14)6-8/h5-7,11,15H,1-4H3. The van der Waals surface area contributed by atoms with Gasteiger partial charge in [-0.15, -0.1) is 0 Å². The zero-order valence-corrected chi connectivity index (χ0v) is 12.7. The number of hydrogen-bond donors (Lipinski definition) is 1. The van der Waals surface area contributed by atoms with Gasteiger partial charge in [0.1, 0.15) is 0 Å². The van der Waals surface area contributed by atoms with Crippen LogP contribution in [0.1, 0.15) is 32.4 Å². The van der Waals surface area contributed by atoms with Crippen LogP contribution < -0.4 is 5.32 Å². The Morgan fingerprint density at radius 1 is 1.07 bits per heavy atom. The third-order valence-electron chi connectivity index (χ3n) is 2.37. The van der Waals surface area contributed by atoms with Crippen LogP contribution in [0.25, 0.3) is 0 Å². The predicted octanol–water partition coefficient (Wildman–Crippen LogP) is 4.52. The normalized spacial score (nSPS) is 14.0. The maximum Gasteiger partial charge on any atom is 0.0367 e. The van der Waals surface area contributed by atoms with Gasteiger partial charge in [-0.2, -0.15) is 0 Å². The molecule has 0 saturated carbocycles. The summed E-state index contributed by atoms with van der Waals surface area (Å²) in [5, 5.41) is 3.37. The van der Waals surface area contributed by atoms with Crippen LogP contribution in [0.4, 0.5) is 0 Å². The van der Waals surface area contributed by atoms with Gasteiger partial charge in [0.2, 0.25) is 0 Å². The van der Waals surface area contributed by atoms with E-state index < -0.39 is 0 Å². The highest BCUT2D eigenvalue weighted by Gasteiger charge is 2.24. The molecule has 0 amide bonds. The van der Waals surface area contributed by atoms with Gasteiger partial charge in [0.15, 0.2) is 0 Å².